The first-order valence-corrected chi connectivity index (χ1v) is 11.1. The van der Waals surface area contributed by atoms with Crippen LogP contribution < -0.4 is 10.1 Å². The van der Waals surface area contributed by atoms with Gasteiger partial charge in [-0.15, -0.1) is 23.7 Å². The second-order valence-corrected chi connectivity index (χ2v) is 8.84. The molecule has 0 bridgehead atoms. The lowest BCUT2D eigenvalue weighted by atomic mass is 9.70. The number of nitrogens with zero attached hydrogens (tertiary/aromatic N) is 2. The van der Waals surface area contributed by atoms with Gasteiger partial charge in [0.05, 0.1) is 11.5 Å². The van der Waals surface area contributed by atoms with E-state index in [0.29, 0.717) is 42.9 Å². The zero-order chi connectivity index (χ0) is 21.0. The maximum atomic E-state index is 12.2. The Morgan fingerprint density at radius 2 is 2.03 bits per heavy atom. The third-order valence-corrected chi connectivity index (χ3v) is 6.36. The van der Waals surface area contributed by atoms with Crippen LogP contribution in [-0.4, -0.2) is 27.1 Å². The number of halogens is 2. The lowest BCUT2D eigenvalue weighted by Crippen LogP contribution is -2.40. The standard InChI is InChI=1S/C22H22ClN3O3S.ClH/c23-15-3-1-5-18(13-15)29-17-7-9-22(10-8-17,20(27)28)14-16-4-2-6-19(25-16)26-21-24-11-12-30-21;/h1-6,11-13,17H,7-10,14H2,(H,27,28)(H,24,25,26);1H/t17-,22-;. The van der Waals surface area contributed by atoms with Gasteiger partial charge in [-0.3, -0.25) is 4.79 Å². The van der Waals surface area contributed by atoms with Crippen LogP contribution in [-0.2, 0) is 11.2 Å². The van der Waals surface area contributed by atoms with Gasteiger partial charge in [-0.05, 0) is 56.0 Å². The molecule has 2 heterocycles. The molecular weight excluding hydrogens is 457 g/mol. The van der Waals surface area contributed by atoms with Gasteiger partial charge in [0.2, 0.25) is 0 Å². The SMILES string of the molecule is Cl.O=C(O)[C@]1(Cc2cccc(Nc3nccs3)n2)CC[C@@H](Oc2cccc(Cl)c2)CC1. The van der Waals surface area contributed by atoms with Crippen LogP contribution in [0.3, 0.4) is 0 Å². The fraction of sp³-hybridized carbons (Fsp3) is 0.318. The average molecular weight is 480 g/mol. The first kappa shape index (κ1) is 23.3. The number of hydrogen-bond acceptors (Lipinski definition) is 6. The fourth-order valence-corrected chi connectivity index (χ4v) is 4.57. The topological polar surface area (TPSA) is 84.3 Å². The molecule has 0 atom stereocenters. The van der Waals surface area contributed by atoms with E-state index in [1.807, 2.05) is 35.7 Å². The summed E-state index contributed by atoms with van der Waals surface area (Å²) in [6.45, 7) is 0. The molecule has 1 aliphatic carbocycles. The number of carbonyl (C=O) groups is 1. The summed E-state index contributed by atoms with van der Waals surface area (Å²) in [5, 5.41) is 16.5. The molecule has 9 heteroatoms. The molecule has 0 radical (unpaired) electrons. The van der Waals surface area contributed by atoms with E-state index in [0.717, 1.165) is 16.6 Å². The Hall–Kier alpha value is -2.35. The minimum atomic E-state index is -0.832. The summed E-state index contributed by atoms with van der Waals surface area (Å²) >= 11 is 7.51. The number of hydrogen-bond donors (Lipinski definition) is 2. The number of carboxylic acids is 1. The van der Waals surface area contributed by atoms with E-state index in [4.69, 9.17) is 16.3 Å². The number of nitrogens with one attached hydrogen (secondary N) is 1. The van der Waals surface area contributed by atoms with Crippen molar-refractivity contribution in [3.8, 4) is 5.75 Å². The van der Waals surface area contributed by atoms with Gasteiger partial charge in [0, 0.05) is 28.7 Å². The summed E-state index contributed by atoms with van der Waals surface area (Å²) in [5.74, 6) is 0.614. The van der Waals surface area contributed by atoms with Crippen LogP contribution >= 0.6 is 35.3 Å². The highest BCUT2D eigenvalue weighted by molar-refractivity contribution is 7.13. The fourth-order valence-electron chi connectivity index (χ4n) is 3.85. The van der Waals surface area contributed by atoms with Crippen molar-refractivity contribution in [1.82, 2.24) is 9.97 Å². The highest BCUT2D eigenvalue weighted by Gasteiger charge is 2.43. The average Bonchev–Trinajstić information content (AvgIpc) is 3.23. The largest absolute Gasteiger partial charge is 0.490 e. The van der Waals surface area contributed by atoms with E-state index in [9.17, 15) is 9.90 Å². The summed E-state index contributed by atoms with van der Waals surface area (Å²) in [6, 6.07) is 12.9. The minimum Gasteiger partial charge on any atom is -0.490 e. The Labute approximate surface area is 196 Å². The maximum absolute atomic E-state index is 12.2. The van der Waals surface area contributed by atoms with Crippen molar-refractivity contribution in [1.29, 1.82) is 0 Å². The summed E-state index contributed by atoms with van der Waals surface area (Å²) in [7, 11) is 0. The van der Waals surface area contributed by atoms with Crippen molar-refractivity contribution in [3.63, 3.8) is 0 Å². The number of rotatable bonds is 7. The predicted octanol–water partition coefficient (Wildman–Crippen LogP) is 5.99. The molecule has 1 fully saturated rings. The highest BCUT2D eigenvalue weighted by Crippen LogP contribution is 2.41. The summed E-state index contributed by atoms with van der Waals surface area (Å²) in [6.07, 6.45) is 4.53. The summed E-state index contributed by atoms with van der Waals surface area (Å²) in [5.41, 5.74) is -0.0748. The van der Waals surface area contributed by atoms with Crippen LogP contribution in [0.4, 0.5) is 10.9 Å². The van der Waals surface area contributed by atoms with Crippen molar-refractivity contribution in [3.05, 3.63) is 64.8 Å². The smallest absolute Gasteiger partial charge is 0.310 e. The van der Waals surface area contributed by atoms with Crippen LogP contribution in [0.1, 0.15) is 31.4 Å². The molecule has 0 spiro atoms. The van der Waals surface area contributed by atoms with Crippen LogP contribution in [0, 0.1) is 5.41 Å². The monoisotopic (exact) mass is 479 g/mol. The Bertz CT molecular complexity index is 1010. The van der Waals surface area contributed by atoms with Gasteiger partial charge < -0.3 is 15.2 Å². The molecule has 4 rings (SSSR count). The lowest BCUT2D eigenvalue weighted by Gasteiger charge is -2.36. The van der Waals surface area contributed by atoms with Crippen LogP contribution in [0.5, 0.6) is 5.75 Å². The van der Waals surface area contributed by atoms with Crippen LogP contribution in [0.15, 0.2) is 54.0 Å². The Kier molecular flexibility index (Phi) is 7.75. The summed E-state index contributed by atoms with van der Waals surface area (Å²) < 4.78 is 6.03. The first-order chi connectivity index (χ1) is 14.5. The Balaban J connectivity index is 0.00000272. The van der Waals surface area contributed by atoms with E-state index < -0.39 is 11.4 Å². The molecule has 1 saturated carbocycles. The van der Waals surface area contributed by atoms with Crippen molar-refractivity contribution < 1.29 is 14.6 Å². The molecule has 0 amide bonds. The zero-order valence-electron chi connectivity index (χ0n) is 16.7. The van der Waals surface area contributed by atoms with Gasteiger partial charge >= 0.3 is 5.97 Å². The highest BCUT2D eigenvalue weighted by atomic mass is 35.5. The summed E-state index contributed by atoms with van der Waals surface area (Å²) in [4.78, 5) is 21.0. The minimum absolute atomic E-state index is 0. The Morgan fingerprint density at radius 3 is 2.71 bits per heavy atom. The third kappa shape index (κ3) is 5.87. The number of aliphatic carboxylic acids is 1. The second-order valence-electron chi connectivity index (χ2n) is 7.51. The van der Waals surface area contributed by atoms with E-state index in [2.05, 4.69) is 15.3 Å². The van der Waals surface area contributed by atoms with E-state index in [-0.39, 0.29) is 18.5 Å². The van der Waals surface area contributed by atoms with Gasteiger partial charge in [0.25, 0.3) is 0 Å². The van der Waals surface area contributed by atoms with E-state index in [1.165, 1.54) is 11.3 Å². The van der Waals surface area contributed by atoms with Crippen LogP contribution in [0.2, 0.25) is 5.02 Å². The molecule has 0 unspecified atom stereocenters. The van der Waals surface area contributed by atoms with Crippen molar-refractivity contribution >= 4 is 52.3 Å². The number of thiazole rings is 1. The van der Waals surface area contributed by atoms with Gasteiger partial charge in [-0.25, -0.2) is 9.97 Å². The van der Waals surface area contributed by atoms with Crippen molar-refractivity contribution in [2.45, 2.75) is 38.2 Å². The van der Waals surface area contributed by atoms with E-state index >= 15 is 0 Å². The van der Waals surface area contributed by atoms with Crippen molar-refractivity contribution in [2.75, 3.05) is 5.32 Å². The van der Waals surface area contributed by atoms with Gasteiger partial charge in [-0.1, -0.05) is 23.7 Å². The molecular formula is C22H23Cl2N3O3S. The molecule has 2 N–H and O–H groups in total. The van der Waals surface area contributed by atoms with Crippen LogP contribution in [0.25, 0.3) is 0 Å². The normalized spacial score (nSPS) is 20.5. The molecule has 3 aromatic rings. The zero-order valence-corrected chi connectivity index (χ0v) is 19.1. The second kappa shape index (κ2) is 10.3. The number of anilines is 2. The third-order valence-electron chi connectivity index (χ3n) is 5.44. The van der Waals surface area contributed by atoms with Gasteiger partial charge in [0.1, 0.15) is 11.6 Å². The maximum Gasteiger partial charge on any atom is 0.310 e. The molecule has 31 heavy (non-hydrogen) atoms. The first-order valence-electron chi connectivity index (χ1n) is 9.80. The molecule has 0 aliphatic heterocycles. The van der Waals surface area contributed by atoms with Crippen molar-refractivity contribution in [2.24, 2.45) is 5.41 Å². The number of aromatic nitrogens is 2. The number of ether oxygens (including phenoxy) is 1. The Morgan fingerprint density at radius 1 is 1.26 bits per heavy atom. The molecule has 164 valence electrons. The molecule has 0 saturated heterocycles. The van der Waals surface area contributed by atoms with Gasteiger partial charge in [-0.2, -0.15) is 0 Å². The molecule has 6 nitrogen and oxygen atoms in total. The number of carboxylic acid groups (broad SMARTS) is 1. The quantitative estimate of drug-likeness (QED) is 0.432. The van der Waals surface area contributed by atoms with E-state index in [1.54, 1.807) is 18.3 Å². The lowest BCUT2D eigenvalue weighted by molar-refractivity contribution is -0.152. The molecule has 1 aliphatic rings. The number of benzene rings is 1. The van der Waals surface area contributed by atoms with Gasteiger partial charge in [0.15, 0.2) is 5.13 Å². The number of pyridine rings is 1. The molecule has 2 aromatic heterocycles. The molecule has 1 aromatic carbocycles. The predicted molar refractivity (Wildman–Crippen MR) is 125 cm³/mol.